The van der Waals surface area contributed by atoms with Crippen molar-refractivity contribution in [3.63, 3.8) is 0 Å². The topological polar surface area (TPSA) is 29.1 Å². The van der Waals surface area contributed by atoms with Crippen molar-refractivity contribution >= 4 is 23.2 Å². The molecule has 1 N–H and O–H groups in total. The molecule has 0 heterocycles. The van der Waals surface area contributed by atoms with Crippen LogP contribution in [0.5, 0.6) is 0 Å². The maximum Gasteiger partial charge on any atom is 0.255 e. The lowest BCUT2D eigenvalue weighted by atomic mass is 10.1. The molecular formula is C19H14ClNO. The molecule has 3 aromatic rings. The standard InChI is InChI=1S/C19H14ClNO/c20-17-10-4-9-16(12-17)19(22)21-18-11-5-8-15(13-18)14-6-2-1-3-7-14/h1-13H,(H,21,22). The Labute approximate surface area is 134 Å². The van der Waals surface area contributed by atoms with Gasteiger partial charge >= 0.3 is 0 Å². The highest BCUT2D eigenvalue weighted by Gasteiger charge is 2.07. The van der Waals surface area contributed by atoms with E-state index in [4.69, 9.17) is 11.6 Å². The largest absolute Gasteiger partial charge is 0.322 e. The molecule has 0 saturated heterocycles. The summed E-state index contributed by atoms with van der Waals surface area (Å²) in [6.07, 6.45) is 0. The Bertz CT molecular complexity index is 799. The minimum atomic E-state index is -0.173. The third-order valence-corrected chi connectivity index (χ3v) is 3.55. The lowest BCUT2D eigenvalue weighted by Crippen LogP contribution is -2.11. The predicted octanol–water partition coefficient (Wildman–Crippen LogP) is 5.26. The predicted molar refractivity (Wildman–Crippen MR) is 91.3 cm³/mol. The Morgan fingerprint density at radius 1 is 0.773 bits per heavy atom. The van der Waals surface area contributed by atoms with Crippen molar-refractivity contribution in [2.45, 2.75) is 0 Å². The van der Waals surface area contributed by atoms with E-state index < -0.39 is 0 Å². The first-order valence-corrected chi connectivity index (χ1v) is 7.32. The van der Waals surface area contributed by atoms with Gasteiger partial charge < -0.3 is 5.32 Å². The number of halogens is 1. The Morgan fingerprint density at radius 2 is 1.50 bits per heavy atom. The molecule has 3 rings (SSSR count). The van der Waals surface area contributed by atoms with Gasteiger partial charge in [0.2, 0.25) is 0 Å². The van der Waals surface area contributed by atoms with Crippen LogP contribution >= 0.6 is 11.6 Å². The third kappa shape index (κ3) is 3.35. The van der Waals surface area contributed by atoms with Crippen molar-refractivity contribution < 1.29 is 4.79 Å². The van der Waals surface area contributed by atoms with Crippen LogP contribution in [0.4, 0.5) is 5.69 Å². The fourth-order valence-electron chi connectivity index (χ4n) is 2.24. The Morgan fingerprint density at radius 3 is 2.27 bits per heavy atom. The van der Waals surface area contributed by atoms with Crippen LogP contribution < -0.4 is 5.32 Å². The van der Waals surface area contributed by atoms with Crippen molar-refractivity contribution in [3.8, 4) is 11.1 Å². The van der Waals surface area contributed by atoms with Crippen LogP contribution in [0.1, 0.15) is 10.4 Å². The van der Waals surface area contributed by atoms with Gasteiger partial charge in [0.25, 0.3) is 5.91 Å². The zero-order valence-corrected chi connectivity index (χ0v) is 12.5. The molecule has 22 heavy (non-hydrogen) atoms. The van der Waals surface area contributed by atoms with Crippen molar-refractivity contribution in [1.29, 1.82) is 0 Å². The van der Waals surface area contributed by atoms with E-state index in [9.17, 15) is 4.79 Å². The van der Waals surface area contributed by atoms with E-state index in [1.54, 1.807) is 24.3 Å². The minimum absolute atomic E-state index is 0.173. The minimum Gasteiger partial charge on any atom is -0.322 e. The molecule has 1 amide bonds. The second kappa shape index (κ2) is 6.46. The zero-order valence-electron chi connectivity index (χ0n) is 11.8. The van der Waals surface area contributed by atoms with Crippen LogP contribution in [-0.2, 0) is 0 Å². The highest BCUT2D eigenvalue weighted by Crippen LogP contribution is 2.22. The summed E-state index contributed by atoms with van der Waals surface area (Å²) in [6.45, 7) is 0. The van der Waals surface area contributed by atoms with Gasteiger partial charge in [-0.3, -0.25) is 4.79 Å². The molecule has 0 bridgehead atoms. The van der Waals surface area contributed by atoms with Crippen molar-refractivity contribution in [2.24, 2.45) is 0 Å². The molecule has 0 fully saturated rings. The van der Waals surface area contributed by atoms with Gasteiger partial charge in [-0.2, -0.15) is 0 Å². The Hall–Kier alpha value is -2.58. The molecule has 0 aliphatic heterocycles. The lowest BCUT2D eigenvalue weighted by molar-refractivity contribution is 0.102. The summed E-state index contributed by atoms with van der Waals surface area (Å²) in [5.74, 6) is -0.173. The molecule has 0 aliphatic rings. The molecule has 0 aromatic heterocycles. The average Bonchev–Trinajstić information content (AvgIpc) is 2.56. The summed E-state index contributed by atoms with van der Waals surface area (Å²) < 4.78 is 0. The summed E-state index contributed by atoms with van der Waals surface area (Å²) in [6, 6.07) is 24.7. The number of benzene rings is 3. The number of carbonyl (C=O) groups excluding carboxylic acids is 1. The summed E-state index contributed by atoms with van der Waals surface area (Å²) in [5, 5.41) is 3.44. The van der Waals surface area contributed by atoms with Gasteiger partial charge in [-0.25, -0.2) is 0 Å². The van der Waals surface area contributed by atoms with E-state index in [1.807, 2.05) is 54.6 Å². The SMILES string of the molecule is O=C(Nc1cccc(-c2ccccc2)c1)c1cccc(Cl)c1. The molecule has 0 spiro atoms. The maximum absolute atomic E-state index is 12.2. The van der Waals surface area contributed by atoms with Gasteiger partial charge in [-0.1, -0.05) is 60.1 Å². The van der Waals surface area contributed by atoms with Crippen molar-refractivity contribution in [1.82, 2.24) is 0 Å². The first-order chi connectivity index (χ1) is 10.7. The zero-order chi connectivity index (χ0) is 15.4. The summed E-state index contributed by atoms with van der Waals surface area (Å²) >= 11 is 5.92. The number of hydrogen-bond acceptors (Lipinski definition) is 1. The van der Waals surface area contributed by atoms with Gasteiger partial charge in [0.1, 0.15) is 0 Å². The maximum atomic E-state index is 12.2. The molecule has 3 heteroatoms. The van der Waals surface area contributed by atoms with Gasteiger partial charge in [-0.05, 0) is 41.5 Å². The molecule has 0 radical (unpaired) electrons. The molecule has 3 aromatic carbocycles. The van der Waals surface area contributed by atoms with Gasteiger partial charge in [0.05, 0.1) is 0 Å². The number of hydrogen-bond donors (Lipinski definition) is 1. The van der Waals surface area contributed by atoms with Gasteiger partial charge in [-0.15, -0.1) is 0 Å². The molecule has 0 aliphatic carbocycles. The monoisotopic (exact) mass is 307 g/mol. The lowest BCUT2D eigenvalue weighted by Gasteiger charge is -2.08. The van der Waals surface area contributed by atoms with Gasteiger partial charge in [0.15, 0.2) is 0 Å². The van der Waals surface area contributed by atoms with Crippen molar-refractivity contribution in [2.75, 3.05) is 5.32 Å². The first kappa shape index (κ1) is 14.4. The summed E-state index contributed by atoms with van der Waals surface area (Å²) in [7, 11) is 0. The van der Waals surface area contributed by atoms with Crippen LogP contribution in [0.2, 0.25) is 5.02 Å². The van der Waals surface area contributed by atoms with E-state index in [0.717, 1.165) is 16.8 Å². The Kier molecular flexibility index (Phi) is 4.22. The number of anilines is 1. The van der Waals surface area contributed by atoms with Crippen LogP contribution in [0.3, 0.4) is 0 Å². The third-order valence-electron chi connectivity index (χ3n) is 3.31. The summed E-state index contributed by atoms with van der Waals surface area (Å²) in [4.78, 5) is 12.2. The summed E-state index contributed by atoms with van der Waals surface area (Å²) in [5.41, 5.74) is 3.47. The van der Waals surface area contributed by atoms with E-state index in [1.165, 1.54) is 0 Å². The number of rotatable bonds is 3. The fraction of sp³-hybridized carbons (Fsp3) is 0. The van der Waals surface area contributed by atoms with E-state index >= 15 is 0 Å². The fourth-order valence-corrected chi connectivity index (χ4v) is 2.43. The molecule has 108 valence electrons. The van der Waals surface area contributed by atoms with Crippen LogP contribution in [0.25, 0.3) is 11.1 Å². The quantitative estimate of drug-likeness (QED) is 0.702. The second-order valence-electron chi connectivity index (χ2n) is 4.91. The highest BCUT2D eigenvalue weighted by molar-refractivity contribution is 6.31. The second-order valence-corrected chi connectivity index (χ2v) is 5.35. The average molecular weight is 308 g/mol. The molecule has 0 saturated carbocycles. The highest BCUT2D eigenvalue weighted by atomic mass is 35.5. The van der Waals surface area contributed by atoms with Crippen LogP contribution in [0.15, 0.2) is 78.9 Å². The van der Waals surface area contributed by atoms with Crippen molar-refractivity contribution in [3.05, 3.63) is 89.4 Å². The molecule has 2 nitrogen and oxygen atoms in total. The van der Waals surface area contributed by atoms with E-state index in [0.29, 0.717) is 10.6 Å². The Balaban J connectivity index is 1.83. The number of amides is 1. The number of carbonyl (C=O) groups is 1. The smallest absolute Gasteiger partial charge is 0.255 e. The van der Waals surface area contributed by atoms with E-state index in [2.05, 4.69) is 5.32 Å². The molecule has 0 atom stereocenters. The van der Waals surface area contributed by atoms with Crippen LogP contribution in [0, 0.1) is 0 Å². The normalized spacial score (nSPS) is 10.2. The first-order valence-electron chi connectivity index (χ1n) is 6.95. The molecule has 0 unspecified atom stereocenters. The molecular weight excluding hydrogens is 294 g/mol. The van der Waals surface area contributed by atoms with E-state index in [-0.39, 0.29) is 5.91 Å². The van der Waals surface area contributed by atoms with Crippen LogP contribution in [-0.4, -0.2) is 5.91 Å². The van der Waals surface area contributed by atoms with Gasteiger partial charge in [0, 0.05) is 16.3 Å². The number of nitrogens with one attached hydrogen (secondary N) is 1.